The number of anilines is 3. The monoisotopic (exact) mass is 773 g/mol. The Balaban J connectivity index is 0.820. The first-order valence-electron chi connectivity index (χ1n) is 18.7. The third-order valence-corrected chi connectivity index (χ3v) is 12.3. The van der Waals surface area contributed by atoms with Crippen molar-refractivity contribution in [1.82, 2.24) is 39.8 Å². The van der Waals surface area contributed by atoms with Crippen LogP contribution in [0.25, 0.3) is 11.1 Å². The number of hydrogen-bond acceptors (Lipinski definition) is 11. The minimum atomic E-state index is -1.04. The molecule has 56 heavy (non-hydrogen) atoms. The quantitative estimate of drug-likeness (QED) is 0.223. The van der Waals surface area contributed by atoms with Crippen LogP contribution in [0, 0.1) is 5.82 Å². The third kappa shape index (κ3) is 5.97. The van der Waals surface area contributed by atoms with Crippen molar-refractivity contribution in [2.45, 2.75) is 63.4 Å². The average Bonchev–Trinajstić information content (AvgIpc) is 4.06. The van der Waals surface area contributed by atoms with Crippen LogP contribution in [0.3, 0.4) is 0 Å². The highest BCUT2D eigenvalue weighted by molar-refractivity contribution is 7.13. The van der Waals surface area contributed by atoms with Crippen molar-refractivity contribution >= 4 is 51.7 Å². The number of carbonyl (C=O) groups excluding carboxylic acids is 4. The summed E-state index contributed by atoms with van der Waals surface area (Å²) >= 11 is 1.28. The molecule has 0 aliphatic carbocycles. The van der Waals surface area contributed by atoms with E-state index >= 15 is 4.39 Å². The van der Waals surface area contributed by atoms with Crippen LogP contribution in [-0.2, 0) is 35.6 Å². The van der Waals surface area contributed by atoms with E-state index in [1.54, 1.807) is 30.0 Å². The summed E-state index contributed by atoms with van der Waals surface area (Å²) in [4.78, 5) is 68.0. The zero-order chi connectivity index (χ0) is 38.1. The van der Waals surface area contributed by atoms with Crippen LogP contribution in [-0.4, -0.2) is 90.0 Å². The van der Waals surface area contributed by atoms with E-state index in [1.165, 1.54) is 27.2 Å². The average molecular weight is 774 g/mol. The molecule has 3 aromatic heterocycles. The van der Waals surface area contributed by atoms with Gasteiger partial charge < -0.3 is 14.4 Å². The second-order valence-corrected chi connectivity index (χ2v) is 15.7. The molecule has 1 unspecified atom stereocenters. The molecular weight excluding hydrogens is 738 g/mol. The van der Waals surface area contributed by atoms with E-state index in [0.717, 1.165) is 61.5 Å². The third-order valence-electron chi connectivity index (χ3n) is 11.6. The van der Waals surface area contributed by atoms with Gasteiger partial charge in [-0.15, -0.1) is 16.4 Å². The van der Waals surface area contributed by atoms with Gasteiger partial charge in [0.2, 0.25) is 5.91 Å². The number of aromatic nitrogens is 5. The number of nitrogens with zero attached hydrogens (tertiary/aromatic N) is 9. The number of fused-ring (bicyclic) bond motifs is 4. The van der Waals surface area contributed by atoms with E-state index in [0.29, 0.717) is 40.8 Å². The molecule has 15 nitrogen and oxygen atoms in total. The lowest BCUT2D eigenvalue weighted by atomic mass is 9.99. The Morgan fingerprint density at radius 3 is 2.61 bits per heavy atom. The summed E-state index contributed by atoms with van der Waals surface area (Å²) in [5.74, 6) is -1.21. The predicted molar refractivity (Wildman–Crippen MR) is 203 cm³/mol. The normalized spacial score (nSPS) is 20.8. The molecule has 284 valence electrons. The summed E-state index contributed by atoms with van der Waals surface area (Å²) in [7, 11) is 0. The molecule has 2 N–H and O–H groups in total. The number of urea groups is 1. The number of halogens is 1. The number of thiazole rings is 1. The van der Waals surface area contributed by atoms with Gasteiger partial charge in [0.15, 0.2) is 17.0 Å². The number of nitrogens with one attached hydrogen (secondary N) is 2. The molecular formula is C39H36FN11O4S. The van der Waals surface area contributed by atoms with Gasteiger partial charge in [-0.25, -0.2) is 19.2 Å². The Bertz CT molecular complexity index is 2390. The SMILES string of the molecule is O=C1CCN(c2ccc(CN3C[C@@H]4C[C@H]3CN4c3ccc(-c4cc(F)c5c(c4)C(=O)N(C(C(=O)Nc4nccs4)c4ncn6c4CCC6)C5)cc3)nn2)C(=O)N1. The van der Waals surface area contributed by atoms with E-state index in [2.05, 4.69) is 40.6 Å². The van der Waals surface area contributed by atoms with Gasteiger partial charge in [-0.05, 0) is 66.8 Å². The van der Waals surface area contributed by atoms with Crippen LogP contribution >= 0.6 is 11.3 Å². The predicted octanol–water partition coefficient (Wildman–Crippen LogP) is 4.13. The van der Waals surface area contributed by atoms with Crippen molar-refractivity contribution in [3.8, 4) is 11.1 Å². The maximum absolute atomic E-state index is 15.9. The van der Waals surface area contributed by atoms with Crippen LogP contribution in [0.2, 0.25) is 0 Å². The second kappa shape index (κ2) is 13.6. The highest BCUT2D eigenvalue weighted by Crippen LogP contribution is 2.39. The lowest BCUT2D eigenvalue weighted by Crippen LogP contribution is -2.50. The molecule has 17 heteroatoms. The number of imidazole rings is 1. The summed E-state index contributed by atoms with van der Waals surface area (Å²) in [6.45, 7) is 3.39. The number of aryl methyl sites for hydroxylation is 1. The summed E-state index contributed by atoms with van der Waals surface area (Å²) in [6.07, 6.45) is 6.23. The fourth-order valence-corrected chi connectivity index (χ4v) is 9.37. The van der Waals surface area contributed by atoms with Crippen molar-refractivity contribution in [1.29, 1.82) is 0 Å². The van der Waals surface area contributed by atoms with E-state index in [9.17, 15) is 19.2 Å². The second-order valence-electron chi connectivity index (χ2n) is 14.8. The summed E-state index contributed by atoms with van der Waals surface area (Å²) in [6, 6.07) is 14.0. The number of piperazine rings is 1. The van der Waals surface area contributed by atoms with Crippen LogP contribution in [0.5, 0.6) is 0 Å². The number of amides is 5. The molecule has 5 aromatic rings. The molecule has 5 amide bonds. The van der Waals surface area contributed by atoms with Gasteiger partial charge in [0.1, 0.15) is 5.82 Å². The molecule has 3 atom stereocenters. The Morgan fingerprint density at radius 2 is 1.86 bits per heavy atom. The van der Waals surface area contributed by atoms with E-state index < -0.39 is 29.7 Å². The molecule has 2 aromatic carbocycles. The number of imide groups is 1. The highest BCUT2D eigenvalue weighted by atomic mass is 32.1. The summed E-state index contributed by atoms with van der Waals surface area (Å²) in [5.41, 5.74) is 5.21. The smallest absolute Gasteiger partial charge is 0.329 e. The van der Waals surface area contributed by atoms with Crippen LogP contribution in [0.4, 0.5) is 25.8 Å². The first-order valence-corrected chi connectivity index (χ1v) is 19.6. The van der Waals surface area contributed by atoms with Crippen molar-refractivity contribution in [2.24, 2.45) is 0 Å². The largest absolute Gasteiger partial charge is 0.366 e. The van der Waals surface area contributed by atoms with Crippen LogP contribution < -0.4 is 20.4 Å². The Hall–Kier alpha value is -6.07. The maximum Gasteiger partial charge on any atom is 0.329 e. The van der Waals surface area contributed by atoms with E-state index in [-0.39, 0.29) is 36.5 Å². The van der Waals surface area contributed by atoms with Gasteiger partial charge in [0.05, 0.1) is 24.3 Å². The maximum atomic E-state index is 15.9. The molecule has 8 heterocycles. The number of benzene rings is 2. The van der Waals surface area contributed by atoms with Crippen LogP contribution in [0.1, 0.15) is 58.3 Å². The first-order chi connectivity index (χ1) is 27.3. The summed E-state index contributed by atoms with van der Waals surface area (Å²) in [5, 5.41) is 16.0. The molecule has 3 saturated heterocycles. The fraction of sp³-hybridized carbons (Fsp3) is 0.333. The van der Waals surface area contributed by atoms with Gasteiger partial charge in [-0.1, -0.05) is 12.1 Å². The molecule has 0 spiro atoms. The number of rotatable bonds is 9. The Kier molecular flexibility index (Phi) is 8.36. The first kappa shape index (κ1) is 34.4. The minimum Gasteiger partial charge on any atom is -0.366 e. The van der Waals surface area contributed by atoms with Crippen molar-refractivity contribution in [3.63, 3.8) is 0 Å². The van der Waals surface area contributed by atoms with Gasteiger partial charge in [-0.2, -0.15) is 5.10 Å². The Morgan fingerprint density at radius 1 is 0.982 bits per heavy atom. The molecule has 5 aliphatic rings. The zero-order valence-corrected chi connectivity index (χ0v) is 30.9. The van der Waals surface area contributed by atoms with Crippen LogP contribution in [0.15, 0.2) is 66.4 Å². The lowest BCUT2D eigenvalue weighted by molar-refractivity contribution is -0.121. The molecule has 0 radical (unpaired) electrons. The van der Waals surface area contributed by atoms with Crippen molar-refractivity contribution < 1.29 is 23.6 Å². The molecule has 0 saturated carbocycles. The standard InChI is InChI=1S/C39H36FN11O4S/c40-30-15-23(14-28-29(30)20-51(37(28)54)35(36(53)44-38-41-10-13-56-38)34-31-2-1-11-47(31)21-42-34)22-3-6-25(7-4-22)50-19-26-16-27(50)18-48(26)17-24-5-8-32(46-45-24)49-12-9-33(52)43-39(49)55/h3-8,10,13-15,21,26-27,35H,1-2,9,11-12,16-20H2,(H,41,44,53)(H,43,52,55)/t26-,27-,35?/m0/s1. The molecule has 2 bridgehead atoms. The molecule has 10 rings (SSSR count). The summed E-state index contributed by atoms with van der Waals surface area (Å²) < 4.78 is 17.9. The number of likely N-dealkylation sites (tertiary alicyclic amines) is 1. The van der Waals surface area contributed by atoms with Gasteiger partial charge in [0, 0.05) is 85.3 Å². The highest BCUT2D eigenvalue weighted by Gasteiger charge is 2.44. The fourth-order valence-electron chi connectivity index (χ4n) is 8.84. The number of carbonyl (C=O) groups is 4. The van der Waals surface area contributed by atoms with E-state index in [1.807, 2.05) is 34.9 Å². The van der Waals surface area contributed by atoms with Crippen molar-refractivity contribution in [2.75, 3.05) is 34.8 Å². The van der Waals surface area contributed by atoms with E-state index in [4.69, 9.17) is 0 Å². The topological polar surface area (TPSA) is 162 Å². The van der Waals surface area contributed by atoms with Gasteiger partial charge in [-0.3, -0.25) is 34.8 Å². The van der Waals surface area contributed by atoms with Gasteiger partial charge in [0.25, 0.3) is 11.8 Å². The zero-order valence-electron chi connectivity index (χ0n) is 30.1. The van der Waals surface area contributed by atoms with Gasteiger partial charge >= 0.3 is 6.03 Å². The minimum absolute atomic E-state index is 0.0472. The lowest BCUT2D eigenvalue weighted by Gasteiger charge is -2.35. The Labute approximate surface area is 324 Å². The molecule has 3 fully saturated rings. The van der Waals surface area contributed by atoms with Crippen molar-refractivity contribution in [3.05, 3.63) is 100 Å². The molecule has 5 aliphatic heterocycles. The number of hydrogen-bond donors (Lipinski definition) is 2.